The third-order valence-corrected chi connectivity index (χ3v) is 4.98. The Balaban J connectivity index is 1.73. The highest BCUT2D eigenvalue weighted by Gasteiger charge is 2.16. The lowest BCUT2D eigenvalue weighted by Gasteiger charge is -2.18. The van der Waals surface area contributed by atoms with Crippen LogP contribution in [0, 0.1) is 5.82 Å². The monoisotopic (exact) mass is 375 g/mol. The van der Waals surface area contributed by atoms with E-state index in [1.54, 1.807) is 30.8 Å². The van der Waals surface area contributed by atoms with Crippen molar-refractivity contribution in [1.29, 1.82) is 0 Å². The van der Waals surface area contributed by atoms with Gasteiger partial charge in [0.05, 0.1) is 0 Å². The highest BCUT2D eigenvalue weighted by atomic mass is 32.2. The topological polar surface area (TPSA) is 38.3 Å². The Labute approximate surface area is 159 Å². The molecule has 0 radical (unpaired) electrons. The molecule has 1 atom stereocenters. The van der Waals surface area contributed by atoms with Crippen LogP contribution in [-0.4, -0.2) is 24.3 Å². The average Bonchev–Trinajstić information content (AvgIpc) is 2.63. The molecule has 1 amide bonds. The molecule has 140 valence electrons. The number of ether oxygens (including phenoxy) is 1. The molecule has 0 saturated carbocycles. The zero-order valence-corrected chi connectivity index (χ0v) is 16.3. The maximum absolute atomic E-state index is 13.5. The Bertz CT molecular complexity index is 721. The lowest BCUT2D eigenvalue weighted by atomic mass is 10.0. The van der Waals surface area contributed by atoms with Gasteiger partial charge in [-0.2, -0.15) is 11.8 Å². The van der Waals surface area contributed by atoms with Gasteiger partial charge in [0.15, 0.2) is 6.10 Å². The first-order valence-corrected chi connectivity index (χ1v) is 9.99. The Hall–Kier alpha value is -2.01. The van der Waals surface area contributed by atoms with Gasteiger partial charge in [-0.05, 0) is 36.1 Å². The molecule has 3 nitrogen and oxygen atoms in total. The van der Waals surface area contributed by atoms with Crippen LogP contribution in [0.4, 0.5) is 4.39 Å². The molecule has 2 aromatic rings. The molecule has 0 aliphatic carbocycles. The van der Waals surface area contributed by atoms with E-state index < -0.39 is 6.10 Å². The predicted octanol–water partition coefficient (Wildman–Crippen LogP) is 4.77. The van der Waals surface area contributed by atoms with E-state index in [0.717, 1.165) is 17.1 Å². The predicted molar refractivity (Wildman–Crippen MR) is 106 cm³/mol. The number of thioether (sulfide) groups is 1. The van der Waals surface area contributed by atoms with Crippen LogP contribution in [0.5, 0.6) is 5.75 Å². The van der Waals surface area contributed by atoms with E-state index in [-0.39, 0.29) is 11.7 Å². The molecule has 2 rings (SSSR count). The zero-order valence-electron chi connectivity index (χ0n) is 15.5. The Morgan fingerprint density at radius 2 is 1.81 bits per heavy atom. The van der Waals surface area contributed by atoms with E-state index in [2.05, 4.69) is 19.2 Å². The van der Waals surface area contributed by atoms with Crippen LogP contribution in [0.2, 0.25) is 0 Å². The van der Waals surface area contributed by atoms with E-state index in [0.29, 0.717) is 23.8 Å². The fraction of sp³-hybridized carbons (Fsp3) is 0.381. The second-order valence-corrected chi connectivity index (χ2v) is 7.49. The first kappa shape index (κ1) is 20.3. The standard InChI is InChI=1S/C21H26FNO2S/c1-15(2)18-9-5-7-11-20(18)25-16(3)21(24)23-12-13-26-14-17-8-4-6-10-19(17)22/h4-11,15-16H,12-14H2,1-3H3,(H,23,24). The highest BCUT2D eigenvalue weighted by molar-refractivity contribution is 7.98. The van der Waals surface area contributed by atoms with Gasteiger partial charge in [-0.3, -0.25) is 4.79 Å². The molecule has 2 aromatic carbocycles. The summed E-state index contributed by atoms with van der Waals surface area (Å²) in [4.78, 5) is 12.2. The van der Waals surface area contributed by atoms with Gasteiger partial charge in [0.25, 0.3) is 5.91 Å². The largest absolute Gasteiger partial charge is 0.481 e. The van der Waals surface area contributed by atoms with Gasteiger partial charge in [-0.25, -0.2) is 4.39 Å². The summed E-state index contributed by atoms with van der Waals surface area (Å²) >= 11 is 1.59. The molecule has 5 heteroatoms. The van der Waals surface area contributed by atoms with Crippen molar-refractivity contribution in [2.24, 2.45) is 0 Å². The molecular weight excluding hydrogens is 349 g/mol. The van der Waals surface area contributed by atoms with Gasteiger partial charge >= 0.3 is 0 Å². The van der Waals surface area contributed by atoms with E-state index in [9.17, 15) is 9.18 Å². The summed E-state index contributed by atoms with van der Waals surface area (Å²) in [5, 5.41) is 2.87. The first-order valence-electron chi connectivity index (χ1n) is 8.83. The van der Waals surface area contributed by atoms with Gasteiger partial charge in [0.2, 0.25) is 0 Å². The number of para-hydroxylation sites is 1. The summed E-state index contributed by atoms with van der Waals surface area (Å²) in [7, 11) is 0. The van der Waals surface area contributed by atoms with Gasteiger partial charge in [0.1, 0.15) is 11.6 Å². The molecule has 0 fully saturated rings. The fourth-order valence-corrected chi connectivity index (χ4v) is 3.34. The summed E-state index contributed by atoms with van der Waals surface area (Å²) < 4.78 is 19.4. The lowest BCUT2D eigenvalue weighted by molar-refractivity contribution is -0.127. The molecule has 26 heavy (non-hydrogen) atoms. The maximum Gasteiger partial charge on any atom is 0.260 e. The molecule has 0 aromatic heterocycles. The minimum atomic E-state index is -0.563. The number of benzene rings is 2. The Kier molecular flexibility index (Phi) is 7.98. The molecular formula is C21H26FNO2S. The number of nitrogens with one attached hydrogen (secondary N) is 1. The van der Waals surface area contributed by atoms with Crippen molar-refractivity contribution >= 4 is 17.7 Å². The molecule has 0 saturated heterocycles. The van der Waals surface area contributed by atoms with Crippen LogP contribution in [-0.2, 0) is 10.5 Å². The number of hydrogen-bond donors (Lipinski definition) is 1. The van der Waals surface area contributed by atoms with Crippen molar-refractivity contribution in [3.05, 3.63) is 65.5 Å². The Morgan fingerprint density at radius 1 is 1.12 bits per heavy atom. The van der Waals surface area contributed by atoms with Crippen molar-refractivity contribution in [2.45, 2.75) is 38.5 Å². The smallest absolute Gasteiger partial charge is 0.260 e. The van der Waals surface area contributed by atoms with Crippen LogP contribution in [0.1, 0.15) is 37.8 Å². The van der Waals surface area contributed by atoms with Crippen LogP contribution in [0.3, 0.4) is 0 Å². The van der Waals surface area contributed by atoms with Crippen molar-refractivity contribution in [2.75, 3.05) is 12.3 Å². The van der Waals surface area contributed by atoms with E-state index in [1.807, 2.05) is 30.3 Å². The van der Waals surface area contributed by atoms with Gasteiger partial charge in [0, 0.05) is 18.1 Å². The van der Waals surface area contributed by atoms with Gasteiger partial charge in [-0.15, -0.1) is 0 Å². The van der Waals surface area contributed by atoms with Crippen molar-refractivity contribution in [3.8, 4) is 5.75 Å². The second-order valence-electron chi connectivity index (χ2n) is 6.39. The number of halogens is 1. The number of carbonyl (C=O) groups excluding carboxylic acids is 1. The summed E-state index contributed by atoms with van der Waals surface area (Å²) in [6.07, 6.45) is -0.563. The molecule has 0 heterocycles. The quantitative estimate of drug-likeness (QED) is 0.642. The Morgan fingerprint density at radius 3 is 2.54 bits per heavy atom. The van der Waals surface area contributed by atoms with Crippen LogP contribution < -0.4 is 10.1 Å². The van der Waals surface area contributed by atoms with Crippen molar-refractivity contribution in [1.82, 2.24) is 5.32 Å². The SMILES string of the molecule is CC(Oc1ccccc1C(C)C)C(=O)NCCSCc1ccccc1F. The minimum Gasteiger partial charge on any atom is -0.481 e. The second kappa shape index (κ2) is 10.2. The summed E-state index contributed by atoms with van der Waals surface area (Å²) in [5.74, 6) is 2.06. The van der Waals surface area contributed by atoms with E-state index in [4.69, 9.17) is 4.74 Å². The highest BCUT2D eigenvalue weighted by Crippen LogP contribution is 2.26. The van der Waals surface area contributed by atoms with Crippen LogP contribution in [0.25, 0.3) is 0 Å². The van der Waals surface area contributed by atoms with Crippen molar-refractivity contribution < 1.29 is 13.9 Å². The van der Waals surface area contributed by atoms with Crippen LogP contribution >= 0.6 is 11.8 Å². The molecule has 0 spiro atoms. The third kappa shape index (κ3) is 6.06. The zero-order chi connectivity index (χ0) is 18.9. The van der Waals surface area contributed by atoms with Gasteiger partial charge in [-0.1, -0.05) is 50.2 Å². The number of hydrogen-bond acceptors (Lipinski definition) is 3. The normalized spacial score (nSPS) is 12.0. The lowest BCUT2D eigenvalue weighted by Crippen LogP contribution is -2.37. The molecule has 0 aliphatic rings. The molecule has 1 unspecified atom stereocenters. The fourth-order valence-electron chi connectivity index (χ4n) is 2.50. The first-order chi connectivity index (χ1) is 12.5. The minimum absolute atomic E-state index is 0.143. The molecule has 0 aliphatic heterocycles. The third-order valence-electron chi connectivity index (χ3n) is 3.98. The van der Waals surface area contributed by atoms with Gasteiger partial charge < -0.3 is 10.1 Å². The molecule has 0 bridgehead atoms. The molecule has 1 N–H and O–H groups in total. The van der Waals surface area contributed by atoms with E-state index >= 15 is 0 Å². The number of carbonyl (C=O) groups is 1. The maximum atomic E-state index is 13.5. The average molecular weight is 376 g/mol. The number of rotatable bonds is 9. The van der Waals surface area contributed by atoms with E-state index in [1.165, 1.54) is 6.07 Å². The summed E-state index contributed by atoms with van der Waals surface area (Å²) in [6.45, 7) is 6.47. The summed E-state index contributed by atoms with van der Waals surface area (Å²) in [5.41, 5.74) is 1.78. The number of amides is 1. The van der Waals surface area contributed by atoms with Crippen LogP contribution in [0.15, 0.2) is 48.5 Å². The summed E-state index contributed by atoms with van der Waals surface area (Å²) in [6, 6.07) is 14.5. The van der Waals surface area contributed by atoms with Crippen molar-refractivity contribution in [3.63, 3.8) is 0 Å².